The van der Waals surface area contributed by atoms with Crippen LogP contribution >= 0.6 is 11.3 Å². The molecule has 1 fully saturated rings. The SMILES string of the molecule is COC(C)(C(=O)O)C(=O)N1CCN(C(=O)c2sc3ccccc3c2C)CC1. The van der Waals surface area contributed by atoms with Crippen molar-refractivity contribution in [3.63, 3.8) is 0 Å². The maximum atomic E-state index is 12.9. The van der Waals surface area contributed by atoms with E-state index < -0.39 is 17.5 Å². The summed E-state index contributed by atoms with van der Waals surface area (Å²) in [5.74, 6) is -1.97. The average molecular weight is 390 g/mol. The lowest BCUT2D eigenvalue weighted by molar-refractivity contribution is -0.174. The van der Waals surface area contributed by atoms with Crippen LogP contribution < -0.4 is 0 Å². The Kier molecular flexibility index (Phi) is 5.21. The van der Waals surface area contributed by atoms with Crippen LogP contribution in [-0.2, 0) is 14.3 Å². The van der Waals surface area contributed by atoms with Crippen molar-refractivity contribution in [3.05, 3.63) is 34.7 Å². The normalized spacial score (nSPS) is 17.0. The van der Waals surface area contributed by atoms with Gasteiger partial charge in [-0.05, 0) is 30.9 Å². The van der Waals surface area contributed by atoms with Gasteiger partial charge in [0.25, 0.3) is 11.8 Å². The lowest BCUT2D eigenvalue weighted by Crippen LogP contribution is -2.58. The molecule has 1 N–H and O–H groups in total. The summed E-state index contributed by atoms with van der Waals surface area (Å²) in [7, 11) is 1.20. The second-order valence-corrected chi connectivity index (χ2v) is 7.73. The number of piperazine rings is 1. The van der Waals surface area contributed by atoms with Crippen LogP contribution in [0.2, 0.25) is 0 Å². The van der Waals surface area contributed by atoms with Gasteiger partial charge in [-0.2, -0.15) is 0 Å². The van der Waals surface area contributed by atoms with E-state index in [0.29, 0.717) is 18.0 Å². The van der Waals surface area contributed by atoms with Crippen molar-refractivity contribution in [1.82, 2.24) is 9.80 Å². The van der Waals surface area contributed by atoms with Gasteiger partial charge >= 0.3 is 5.97 Å². The number of hydrogen-bond donors (Lipinski definition) is 1. The van der Waals surface area contributed by atoms with Crippen molar-refractivity contribution in [3.8, 4) is 0 Å². The molecule has 8 heteroatoms. The standard InChI is InChI=1S/C19H22N2O5S/c1-12-13-6-4-5-7-14(13)27-15(12)16(22)20-8-10-21(11-9-20)17(23)19(2,26-3)18(24)25/h4-7H,8-11H2,1-3H3,(H,24,25). The van der Waals surface area contributed by atoms with E-state index in [0.717, 1.165) is 15.6 Å². The van der Waals surface area contributed by atoms with E-state index in [1.165, 1.54) is 30.3 Å². The number of carbonyl (C=O) groups excluding carboxylic acids is 2. The van der Waals surface area contributed by atoms with Gasteiger partial charge in [0.2, 0.25) is 5.60 Å². The fourth-order valence-corrected chi connectivity index (χ4v) is 4.38. The van der Waals surface area contributed by atoms with E-state index in [2.05, 4.69) is 0 Å². The topological polar surface area (TPSA) is 87.2 Å². The van der Waals surface area contributed by atoms with E-state index in [4.69, 9.17) is 4.74 Å². The molecule has 3 rings (SSSR count). The minimum absolute atomic E-state index is 0.0477. The average Bonchev–Trinajstić information content (AvgIpc) is 3.03. The van der Waals surface area contributed by atoms with E-state index >= 15 is 0 Å². The van der Waals surface area contributed by atoms with Crippen molar-refractivity contribution in [2.75, 3.05) is 33.3 Å². The second kappa shape index (κ2) is 7.28. The van der Waals surface area contributed by atoms with Gasteiger partial charge in [0, 0.05) is 38.0 Å². The molecule has 0 aliphatic carbocycles. The molecule has 7 nitrogen and oxygen atoms in total. The number of benzene rings is 1. The number of aliphatic carboxylic acids is 1. The molecule has 27 heavy (non-hydrogen) atoms. The Labute approximate surface area is 161 Å². The highest BCUT2D eigenvalue weighted by Crippen LogP contribution is 2.31. The summed E-state index contributed by atoms with van der Waals surface area (Å²) in [6.07, 6.45) is 0. The summed E-state index contributed by atoms with van der Waals surface area (Å²) in [6.45, 7) is 4.47. The first kappa shape index (κ1) is 19.3. The Bertz CT molecular complexity index is 901. The summed E-state index contributed by atoms with van der Waals surface area (Å²) < 4.78 is 6.01. The Morgan fingerprint density at radius 3 is 2.26 bits per heavy atom. The molecule has 1 unspecified atom stereocenters. The maximum absolute atomic E-state index is 12.9. The minimum Gasteiger partial charge on any atom is -0.479 e. The highest BCUT2D eigenvalue weighted by Gasteiger charge is 2.45. The van der Waals surface area contributed by atoms with Crippen LogP contribution in [0.5, 0.6) is 0 Å². The van der Waals surface area contributed by atoms with Crippen LogP contribution in [0.1, 0.15) is 22.2 Å². The van der Waals surface area contributed by atoms with Gasteiger partial charge in [0.1, 0.15) is 0 Å². The number of carbonyl (C=O) groups is 3. The number of thiophene rings is 1. The molecule has 2 aromatic rings. The number of nitrogens with zero attached hydrogens (tertiary/aromatic N) is 2. The molecule has 1 aliphatic heterocycles. The summed E-state index contributed by atoms with van der Waals surface area (Å²) in [6, 6.07) is 7.91. The number of ether oxygens (including phenoxy) is 1. The van der Waals surface area contributed by atoms with Gasteiger partial charge in [-0.3, -0.25) is 9.59 Å². The third-order valence-corrected chi connectivity index (χ3v) is 6.38. The van der Waals surface area contributed by atoms with Crippen molar-refractivity contribution in [1.29, 1.82) is 0 Å². The summed E-state index contributed by atoms with van der Waals surface area (Å²) in [4.78, 5) is 40.7. The van der Waals surface area contributed by atoms with Crippen LogP contribution in [0.25, 0.3) is 10.1 Å². The van der Waals surface area contributed by atoms with Crippen molar-refractivity contribution in [2.24, 2.45) is 0 Å². The molecular weight excluding hydrogens is 368 g/mol. The Morgan fingerprint density at radius 1 is 1.11 bits per heavy atom. The second-order valence-electron chi connectivity index (χ2n) is 6.68. The molecule has 2 heterocycles. The number of carboxylic acids is 1. The molecule has 1 aromatic heterocycles. The molecule has 0 saturated carbocycles. The van der Waals surface area contributed by atoms with Gasteiger partial charge in [-0.25, -0.2) is 4.79 Å². The van der Waals surface area contributed by atoms with Crippen LogP contribution in [0.3, 0.4) is 0 Å². The van der Waals surface area contributed by atoms with Crippen molar-refractivity contribution < 1.29 is 24.2 Å². The van der Waals surface area contributed by atoms with E-state index in [-0.39, 0.29) is 19.0 Å². The van der Waals surface area contributed by atoms with E-state index in [1.54, 1.807) is 4.90 Å². The van der Waals surface area contributed by atoms with Gasteiger partial charge < -0.3 is 19.6 Å². The van der Waals surface area contributed by atoms with Crippen LogP contribution in [0.15, 0.2) is 24.3 Å². The van der Waals surface area contributed by atoms with Gasteiger partial charge in [0.05, 0.1) is 4.88 Å². The fourth-order valence-electron chi connectivity index (χ4n) is 3.20. The largest absolute Gasteiger partial charge is 0.479 e. The number of rotatable bonds is 4. The number of fused-ring (bicyclic) bond motifs is 1. The summed E-state index contributed by atoms with van der Waals surface area (Å²) in [5.41, 5.74) is -0.939. The quantitative estimate of drug-likeness (QED) is 0.807. The molecule has 0 radical (unpaired) electrons. The van der Waals surface area contributed by atoms with Crippen LogP contribution in [0, 0.1) is 6.92 Å². The lowest BCUT2D eigenvalue weighted by Gasteiger charge is -2.37. The molecule has 0 bridgehead atoms. The smallest absolute Gasteiger partial charge is 0.345 e. The monoisotopic (exact) mass is 390 g/mol. The van der Waals surface area contributed by atoms with E-state index in [9.17, 15) is 19.5 Å². The highest BCUT2D eigenvalue weighted by atomic mass is 32.1. The number of hydrogen-bond acceptors (Lipinski definition) is 5. The first-order chi connectivity index (χ1) is 12.8. The summed E-state index contributed by atoms with van der Waals surface area (Å²) in [5, 5.41) is 10.4. The van der Waals surface area contributed by atoms with Gasteiger partial charge in [-0.15, -0.1) is 11.3 Å². The van der Waals surface area contributed by atoms with Crippen molar-refractivity contribution >= 4 is 39.2 Å². The molecule has 1 saturated heterocycles. The van der Waals surface area contributed by atoms with Crippen LogP contribution in [-0.4, -0.2) is 71.6 Å². The predicted octanol–water partition coefficient (Wildman–Crippen LogP) is 1.98. The predicted molar refractivity (Wildman–Crippen MR) is 102 cm³/mol. The van der Waals surface area contributed by atoms with Gasteiger partial charge in [0.15, 0.2) is 0 Å². The first-order valence-electron chi connectivity index (χ1n) is 8.65. The Hall–Kier alpha value is -2.45. The Morgan fingerprint density at radius 2 is 1.70 bits per heavy atom. The van der Waals surface area contributed by atoms with E-state index in [1.807, 2.05) is 31.2 Å². The summed E-state index contributed by atoms with van der Waals surface area (Å²) >= 11 is 1.48. The number of carboxylic acid groups (broad SMARTS) is 1. The molecular formula is C19H22N2O5S. The van der Waals surface area contributed by atoms with Gasteiger partial charge in [-0.1, -0.05) is 18.2 Å². The molecule has 144 valence electrons. The third-order valence-electron chi connectivity index (χ3n) is 5.12. The Balaban J connectivity index is 1.72. The third kappa shape index (κ3) is 3.30. The zero-order valence-corrected chi connectivity index (χ0v) is 16.3. The maximum Gasteiger partial charge on any atom is 0.345 e. The molecule has 1 aromatic carbocycles. The first-order valence-corrected chi connectivity index (χ1v) is 9.46. The van der Waals surface area contributed by atoms with Crippen molar-refractivity contribution in [2.45, 2.75) is 19.4 Å². The number of aryl methyl sites for hydroxylation is 1. The molecule has 0 spiro atoms. The number of amides is 2. The molecule has 1 atom stereocenters. The van der Waals surface area contributed by atoms with Crippen LogP contribution in [0.4, 0.5) is 0 Å². The minimum atomic E-state index is -1.91. The molecule has 1 aliphatic rings. The zero-order valence-electron chi connectivity index (χ0n) is 15.5. The zero-order chi connectivity index (χ0) is 19.8. The molecule has 2 amide bonds. The number of methoxy groups -OCH3 is 1. The highest BCUT2D eigenvalue weighted by molar-refractivity contribution is 7.21. The lowest BCUT2D eigenvalue weighted by atomic mass is 10.0. The fraction of sp³-hybridized carbons (Fsp3) is 0.421.